The molecule has 6 rings (SSSR count). The van der Waals surface area contributed by atoms with Crippen molar-refractivity contribution in [3.05, 3.63) is 41.6 Å². The maximum atomic E-state index is 12.6. The quantitative estimate of drug-likeness (QED) is 0.383. The molecule has 3 fully saturated rings. The van der Waals surface area contributed by atoms with Gasteiger partial charge in [0.05, 0.1) is 31.6 Å². The van der Waals surface area contributed by atoms with Crippen LogP contribution in [-0.4, -0.2) is 63.6 Å². The Balaban J connectivity index is 1.33. The summed E-state index contributed by atoms with van der Waals surface area (Å²) in [5.74, 6) is 2.04. The van der Waals surface area contributed by atoms with Gasteiger partial charge in [-0.3, -0.25) is 4.79 Å². The van der Waals surface area contributed by atoms with Gasteiger partial charge in [0, 0.05) is 35.7 Å². The molecule has 36 heavy (non-hydrogen) atoms. The van der Waals surface area contributed by atoms with Crippen LogP contribution in [0, 0.1) is 12.8 Å². The van der Waals surface area contributed by atoms with Crippen LogP contribution in [0.25, 0.3) is 16.8 Å². The average Bonchev–Trinajstić information content (AvgIpc) is 3.54. The number of carbonyl (C=O) groups excluding carboxylic acids is 1. The van der Waals surface area contributed by atoms with E-state index in [2.05, 4.69) is 21.0 Å². The molecule has 1 saturated heterocycles. The zero-order valence-corrected chi connectivity index (χ0v) is 20.7. The van der Waals surface area contributed by atoms with E-state index in [0.717, 1.165) is 92.3 Å². The number of aromatic nitrogens is 3. The average molecular weight is 491 g/mol. The fourth-order valence-corrected chi connectivity index (χ4v) is 5.06. The largest absolute Gasteiger partial charge is 0.391 e. The van der Waals surface area contributed by atoms with Crippen LogP contribution in [0.3, 0.4) is 0 Å². The summed E-state index contributed by atoms with van der Waals surface area (Å²) in [5, 5.41) is 25.3. The molecule has 2 atom stereocenters. The van der Waals surface area contributed by atoms with Crippen LogP contribution in [0.15, 0.2) is 30.5 Å². The van der Waals surface area contributed by atoms with Gasteiger partial charge in [-0.1, -0.05) is 25.0 Å². The molecule has 9 heteroatoms. The van der Waals surface area contributed by atoms with Crippen molar-refractivity contribution in [2.45, 2.75) is 63.6 Å². The summed E-state index contributed by atoms with van der Waals surface area (Å²) in [4.78, 5) is 17.5. The maximum Gasteiger partial charge on any atom is 0.251 e. The minimum atomic E-state index is -0.373. The molecule has 1 aliphatic heterocycles. The van der Waals surface area contributed by atoms with E-state index >= 15 is 0 Å². The van der Waals surface area contributed by atoms with Crippen molar-refractivity contribution >= 4 is 23.2 Å². The fourth-order valence-electron chi connectivity index (χ4n) is 5.06. The number of aryl methyl sites for hydroxylation is 1. The van der Waals surface area contributed by atoms with Crippen LogP contribution in [0.2, 0.25) is 0 Å². The first-order valence-corrected chi connectivity index (χ1v) is 13.1. The number of hydrogen-bond donors (Lipinski definition) is 4. The number of anilines is 2. The van der Waals surface area contributed by atoms with E-state index in [4.69, 9.17) is 9.72 Å². The second kappa shape index (κ2) is 9.71. The number of amides is 1. The molecule has 1 aromatic carbocycles. The van der Waals surface area contributed by atoms with Gasteiger partial charge in [-0.05, 0) is 49.8 Å². The topological polar surface area (TPSA) is 113 Å². The van der Waals surface area contributed by atoms with Gasteiger partial charge in [0.1, 0.15) is 11.6 Å². The number of aliphatic hydroxyl groups is 1. The first-order valence-electron chi connectivity index (χ1n) is 13.1. The Morgan fingerprint density at radius 3 is 2.72 bits per heavy atom. The van der Waals surface area contributed by atoms with Crippen LogP contribution >= 0.6 is 0 Å². The molecule has 3 heterocycles. The molecular weight excluding hydrogens is 456 g/mol. The van der Waals surface area contributed by atoms with E-state index in [1.165, 1.54) is 0 Å². The maximum absolute atomic E-state index is 12.6. The first-order chi connectivity index (χ1) is 17.5. The van der Waals surface area contributed by atoms with Gasteiger partial charge in [0.15, 0.2) is 5.65 Å². The molecule has 0 unspecified atom stereocenters. The fraction of sp³-hybridized carbons (Fsp3) is 0.519. The minimum absolute atomic E-state index is 0.0106. The highest BCUT2D eigenvalue weighted by atomic mass is 16.5. The van der Waals surface area contributed by atoms with Crippen molar-refractivity contribution in [2.75, 3.05) is 30.4 Å². The number of rotatable bonds is 8. The Morgan fingerprint density at radius 2 is 2.00 bits per heavy atom. The summed E-state index contributed by atoms with van der Waals surface area (Å²) in [5.41, 5.74) is 4.22. The lowest BCUT2D eigenvalue weighted by atomic mass is 9.92. The number of nitrogens with one attached hydrogen (secondary N) is 3. The Morgan fingerprint density at radius 1 is 1.17 bits per heavy atom. The second-order valence-corrected chi connectivity index (χ2v) is 10.5. The zero-order chi connectivity index (χ0) is 24.6. The summed E-state index contributed by atoms with van der Waals surface area (Å²) in [6.07, 6.45) is 7.48. The van der Waals surface area contributed by atoms with Gasteiger partial charge >= 0.3 is 0 Å². The van der Waals surface area contributed by atoms with E-state index in [-0.39, 0.29) is 18.1 Å². The highest BCUT2D eigenvalue weighted by Gasteiger charge is 2.26. The molecule has 0 bridgehead atoms. The molecule has 2 saturated carbocycles. The molecule has 190 valence electrons. The van der Waals surface area contributed by atoms with Crippen molar-refractivity contribution in [1.82, 2.24) is 19.9 Å². The van der Waals surface area contributed by atoms with Crippen molar-refractivity contribution in [2.24, 2.45) is 5.92 Å². The van der Waals surface area contributed by atoms with E-state index < -0.39 is 0 Å². The third kappa shape index (κ3) is 4.77. The van der Waals surface area contributed by atoms with Gasteiger partial charge in [-0.25, -0.2) is 4.98 Å². The van der Waals surface area contributed by atoms with Gasteiger partial charge in [-0.2, -0.15) is 9.61 Å². The highest BCUT2D eigenvalue weighted by Crippen LogP contribution is 2.30. The van der Waals surface area contributed by atoms with Crippen molar-refractivity contribution < 1.29 is 14.6 Å². The van der Waals surface area contributed by atoms with E-state index in [0.29, 0.717) is 17.5 Å². The Kier molecular flexibility index (Phi) is 6.27. The molecule has 3 aliphatic rings. The Bertz CT molecular complexity index is 1270. The number of nitrogens with zero attached hydrogens (tertiary/aromatic N) is 3. The lowest BCUT2D eigenvalue weighted by molar-refractivity contribution is -0.0249. The first kappa shape index (κ1) is 23.2. The Labute approximate surface area is 210 Å². The van der Waals surface area contributed by atoms with Gasteiger partial charge in [-0.15, -0.1) is 0 Å². The summed E-state index contributed by atoms with van der Waals surface area (Å²) >= 11 is 0. The van der Waals surface area contributed by atoms with E-state index in [1.807, 2.05) is 41.9 Å². The third-order valence-corrected chi connectivity index (χ3v) is 7.51. The second-order valence-electron chi connectivity index (χ2n) is 10.5. The zero-order valence-electron chi connectivity index (χ0n) is 20.7. The molecular formula is C27H34N6O3. The monoisotopic (exact) mass is 490 g/mol. The van der Waals surface area contributed by atoms with Crippen molar-refractivity contribution in [3.8, 4) is 11.1 Å². The number of fused-ring (bicyclic) bond motifs is 1. The molecule has 9 nitrogen and oxygen atoms in total. The Hall–Kier alpha value is -3.17. The van der Waals surface area contributed by atoms with Gasteiger partial charge in [0.2, 0.25) is 0 Å². The lowest BCUT2D eigenvalue weighted by Gasteiger charge is -2.29. The van der Waals surface area contributed by atoms with Crippen LogP contribution in [-0.2, 0) is 4.74 Å². The van der Waals surface area contributed by atoms with Crippen molar-refractivity contribution in [3.63, 3.8) is 0 Å². The van der Waals surface area contributed by atoms with E-state index in [9.17, 15) is 9.90 Å². The van der Waals surface area contributed by atoms with Crippen LogP contribution in [0.1, 0.15) is 54.4 Å². The molecule has 1 amide bonds. The molecule has 2 aliphatic carbocycles. The number of aliphatic hydroxyl groups excluding tert-OH is 1. The normalized spacial score (nSPS) is 22.3. The summed E-state index contributed by atoms with van der Waals surface area (Å²) in [6, 6.07) is 8.18. The lowest BCUT2D eigenvalue weighted by Crippen LogP contribution is -2.36. The van der Waals surface area contributed by atoms with Crippen LogP contribution in [0.5, 0.6) is 0 Å². The predicted molar refractivity (Wildman–Crippen MR) is 138 cm³/mol. The predicted octanol–water partition coefficient (Wildman–Crippen LogP) is 3.37. The molecule has 4 N–H and O–H groups in total. The summed E-state index contributed by atoms with van der Waals surface area (Å²) in [7, 11) is 0. The SMILES string of the molecule is Cc1cc(-c2cnn3c(NCC4COC4)cc(N[C@H]4CCCC[C@H]4O)nc23)ccc1C(=O)NC1CC1. The number of benzene rings is 1. The summed E-state index contributed by atoms with van der Waals surface area (Å²) in [6.45, 7) is 4.30. The van der Waals surface area contributed by atoms with Crippen molar-refractivity contribution in [1.29, 1.82) is 0 Å². The van der Waals surface area contributed by atoms with Gasteiger partial charge in [0.25, 0.3) is 5.91 Å². The molecule has 0 spiro atoms. The number of hydrogen-bond acceptors (Lipinski definition) is 7. The number of ether oxygens (including phenoxy) is 1. The third-order valence-electron chi connectivity index (χ3n) is 7.51. The number of carbonyl (C=O) groups is 1. The molecule has 3 aromatic rings. The van der Waals surface area contributed by atoms with Gasteiger partial charge < -0.3 is 25.8 Å². The molecule has 0 radical (unpaired) electrons. The smallest absolute Gasteiger partial charge is 0.251 e. The highest BCUT2D eigenvalue weighted by molar-refractivity contribution is 5.97. The standard InChI is InChI=1S/C27H34N6O3/c1-16-10-18(6-9-20(16)27(35)30-19-7-8-19)21-13-29-33-25(28-12-17-14-36-15-17)11-24(32-26(21)33)31-22-4-2-3-5-23(22)34/h6,9-11,13,17,19,22-23,28,34H,2-5,7-8,12,14-15H2,1H3,(H,30,35)(H,31,32)/t22-,23+/m0/s1. The van der Waals surface area contributed by atoms with E-state index in [1.54, 1.807) is 0 Å². The van der Waals surface area contributed by atoms with Crippen LogP contribution in [0.4, 0.5) is 11.6 Å². The molecule has 2 aromatic heterocycles. The minimum Gasteiger partial charge on any atom is -0.391 e. The van der Waals surface area contributed by atoms with Crippen LogP contribution < -0.4 is 16.0 Å². The summed E-state index contributed by atoms with van der Waals surface area (Å²) < 4.78 is 7.16.